The zero-order valence-electron chi connectivity index (χ0n) is 10.0. The Morgan fingerprint density at radius 1 is 1.39 bits per heavy atom. The topological polar surface area (TPSA) is 47.6 Å². The lowest BCUT2D eigenvalue weighted by Gasteiger charge is -2.20. The van der Waals surface area contributed by atoms with Crippen LogP contribution >= 0.6 is 11.6 Å². The van der Waals surface area contributed by atoms with Crippen LogP contribution in [0, 0.1) is 5.92 Å². The Labute approximate surface area is 111 Å². The van der Waals surface area contributed by atoms with Gasteiger partial charge in [0.05, 0.1) is 12.5 Å². The number of hydrogen-bond donors (Lipinski definition) is 1. The van der Waals surface area contributed by atoms with Crippen molar-refractivity contribution in [3.8, 4) is 0 Å². The molecular weight excluding hydrogens is 254 g/mol. The summed E-state index contributed by atoms with van der Waals surface area (Å²) >= 11 is 5.99. The molecule has 1 saturated heterocycles. The molecule has 1 fully saturated rings. The van der Waals surface area contributed by atoms with Crippen molar-refractivity contribution >= 4 is 17.6 Å². The van der Waals surface area contributed by atoms with Crippen molar-refractivity contribution in [1.82, 2.24) is 5.48 Å². The van der Waals surface area contributed by atoms with E-state index in [9.17, 15) is 4.79 Å². The quantitative estimate of drug-likeness (QED) is 0.852. The Kier molecular flexibility index (Phi) is 4.99. The van der Waals surface area contributed by atoms with Crippen molar-refractivity contribution in [2.24, 2.45) is 5.92 Å². The Bertz CT molecular complexity index is 405. The van der Waals surface area contributed by atoms with Gasteiger partial charge in [-0.05, 0) is 24.5 Å². The molecule has 0 saturated carbocycles. The van der Waals surface area contributed by atoms with Crippen LogP contribution in [0.25, 0.3) is 0 Å². The van der Waals surface area contributed by atoms with E-state index >= 15 is 0 Å². The molecule has 1 heterocycles. The smallest absolute Gasteiger partial charge is 0.327 e. The normalized spacial score (nSPS) is 16.5. The number of hydrogen-bond acceptors (Lipinski definition) is 4. The number of hydroxylamine groups is 1. The molecule has 5 heteroatoms. The second kappa shape index (κ2) is 6.73. The van der Waals surface area contributed by atoms with Gasteiger partial charge in [-0.1, -0.05) is 29.8 Å². The number of carbonyl (C=O) groups is 1. The van der Waals surface area contributed by atoms with Gasteiger partial charge in [0, 0.05) is 18.2 Å². The minimum atomic E-state index is -0.217. The lowest BCUT2D eigenvalue weighted by Crippen LogP contribution is -2.29. The fraction of sp³-hybridized carbons (Fsp3) is 0.462. The molecule has 0 amide bonds. The number of benzene rings is 1. The first kappa shape index (κ1) is 13.3. The zero-order valence-corrected chi connectivity index (χ0v) is 10.8. The molecule has 0 unspecified atom stereocenters. The van der Waals surface area contributed by atoms with Gasteiger partial charge < -0.3 is 9.57 Å². The van der Waals surface area contributed by atoms with E-state index in [4.69, 9.17) is 21.2 Å². The van der Waals surface area contributed by atoms with Gasteiger partial charge in [0.1, 0.15) is 0 Å². The first-order valence-electron chi connectivity index (χ1n) is 6.02. The molecular formula is C13H16ClNO3. The molecule has 18 heavy (non-hydrogen) atoms. The second-order valence-electron chi connectivity index (χ2n) is 4.22. The van der Waals surface area contributed by atoms with E-state index in [1.54, 1.807) is 6.07 Å². The van der Waals surface area contributed by atoms with E-state index in [2.05, 4.69) is 5.48 Å². The number of halogens is 1. The highest BCUT2D eigenvalue weighted by atomic mass is 35.5. The van der Waals surface area contributed by atoms with E-state index in [1.165, 1.54) is 0 Å². The number of carbonyl (C=O) groups excluding carboxylic acids is 1. The lowest BCUT2D eigenvalue weighted by atomic mass is 10.0. The van der Waals surface area contributed by atoms with E-state index < -0.39 is 0 Å². The predicted molar refractivity (Wildman–Crippen MR) is 67.9 cm³/mol. The van der Waals surface area contributed by atoms with Gasteiger partial charge >= 0.3 is 5.97 Å². The Morgan fingerprint density at radius 2 is 2.11 bits per heavy atom. The van der Waals surface area contributed by atoms with Gasteiger partial charge in [-0.15, -0.1) is 5.48 Å². The van der Waals surface area contributed by atoms with Gasteiger partial charge in [-0.2, -0.15) is 0 Å². The molecule has 0 bridgehead atoms. The van der Waals surface area contributed by atoms with Crippen LogP contribution in [0.3, 0.4) is 0 Å². The summed E-state index contributed by atoms with van der Waals surface area (Å²) in [6.07, 6.45) is 1.46. The molecule has 1 N–H and O–H groups in total. The highest BCUT2D eigenvalue weighted by Gasteiger charge is 2.23. The van der Waals surface area contributed by atoms with Crippen molar-refractivity contribution in [2.45, 2.75) is 19.4 Å². The monoisotopic (exact) mass is 269 g/mol. The zero-order chi connectivity index (χ0) is 12.8. The van der Waals surface area contributed by atoms with E-state index in [1.807, 2.05) is 18.2 Å². The van der Waals surface area contributed by atoms with Gasteiger partial charge in [-0.3, -0.25) is 4.79 Å². The summed E-state index contributed by atoms with van der Waals surface area (Å²) < 4.78 is 5.19. The van der Waals surface area contributed by atoms with Crippen molar-refractivity contribution < 1.29 is 14.4 Å². The molecule has 0 aliphatic carbocycles. The first-order valence-corrected chi connectivity index (χ1v) is 6.40. The van der Waals surface area contributed by atoms with Crippen LogP contribution in [-0.2, 0) is 20.9 Å². The third-order valence-corrected chi connectivity index (χ3v) is 3.32. The van der Waals surface area contributed by atoms with Gasteiger partial charge in [0.25, 0.3) is 0 Å². The minimum absolute atomic E-state index is 0.0579. The van der Waals surface area contributed by atoms with Crippen LogP contribution in [0.2, 0.25) is 5.02 Å². The SMILES string of the molecule is O=C(ONCc1ccccc1Cl)C1CCOCC1. The van der Waals surface area contributed by atoms with Gasteiger partial charge in [0.2, 0.25) is 0 Å². The summed E-state index contributed by atoms with van der Waals surface area (Å²) in [5.74, 6) is -0.275. The van der Waals surface area contributed by atoms with E-state index in [-0.39, 0.29) is 11.9 Å². The van der Waals surface area contributed by atoms with Crippen LogP contribution in [0.5, 0.6) is 0 Å². The summed E-state index contributed by atoms with van der Waals surface area (Å²) in [5.41, 5.74) is 3.57. The van der Waals surface area contributed by atoms with Crippen LogP contribution in [-0.4, -0.2) is 19.2 Å². The van der Waals surface area contributed by atoms with E-state index in [0.717, 1.165) is 18.4 Å². The van der Waals surface area contributed by atoms with Crippen molar-refractivity contribution in [1.29, 1.82) is 0 Å². The van der Waals surface area contributed by atoms with Crippen molar-refractivity contribution in [3.63, 3.8) is 0 Å². The van der Waals surface area contributed by atoms with Crippen LogP contribution in [0.15, 0.2) is 24.3 Å². The molecule has 0 aromatic heterocycles. The molecule has 0 spiro atoms. The summed E-state index contributed by atoms with van der Waals surface area (Å²) in [6, 6.07) is 7.44. The van der Waals surface area contributed by atoms with Crippen LogP contribution in [0.4, 0.5) is 0 Å². The molecule has 1 aromatic rings. The van der Waals surface area contributed by atoms with E-state index in [0.29, 0.717) is 24.8 Å². The second-order valence-corrected chi connectivity index (χ2v) is 4.63. The van der Waals surface area contributed by atoms with Crippen molar-refractivity contribution in [3.05, 3.63) is 34.9 Å². The lowest BCUT2D eigenvalue weighted by molar-refractivity contribution is -0.159. The largest absolute Gasteiger partial charge is 0.381 e. The maximum Gasteiger partial charge on any atom is 0.327 e. The van der Waals surface area contributed by atoms with Crippen LogP contribution < -0.4 is 5.48 Å². The number of ether oxygens (including phenoxy) is 1. The predicted octanol–water partition coefficient (Wildman–Crippen LogP) is 2.31. The van der Waals surface area contributed by atoms with Crippen LogP contribution in [0.1, 0.15) is 18.4 Å². The molecule has 98 valence electrons. The molecule has 1 aliphatic heterocycles. The minimum Gasteiger partial charge on any atom is -0.381 e. The molecule has 0 atom stereocenters. The standard InChI is InChI=1S/C13H16ClNO3/c14-12-4-2-1-3-11(12)9-15-18-13(16)10-5-7-17-8-6-10/h1-4,10,15H,5-9H2. The summed E-state index contributed by atoms with van der Waals surface area (Å²) in [4.78, 5) is 16.7. The maximum atomic E-state index is 11.7. The summed E-state index contributed by atoms with van der Waals surface area (Å²) in [7, 11) is 0. The first-order chi connectivity index (χ1) is 8.77. The highest BCUT2D eigenvalue weighted by molar-refractivity contribution is 6.31. The average Bonchev–Trinajstić information content (AvgIpc) is 2.42. The molecule has 0 radical (unpaired) electrons. The third-order valence-electron chi connectivity index (χ3n) is 2.95. The Balaban J connectivity index is 1.75. The third kappa shape index (κ3) is 3.70. The molecule has 1 aromatic carbocycles. The summed E-state index contributed by atoms with van der Waals surface area (Å²) in [6.45, 7) is 1.67. The Morgan fingerprint density at radius 3 is 2.83 bits per heavy atom. The number of nitrogens with one attached hydrogen (secondary N) is 1. The highest BCUT2D eigenvalue weighted by Crippen LogP contribution is 2.17. The molecule has 4 nitrogen and oxygen atoms in total. The number of rotatable bonds is 4. The van der Waals surface area contributed by atoms with Crippen molar-refractivity contribution in [2.75, 3.05) is 13.2 Å². The maximum absolute atomic E-state index is 11.7. The average molecular weight is 270 g/mol. The van der Waals surface area contributed by atoms with Gasteiger partial charge in [0.15, 0.2) is 0 Å². The fourth-order valence-electron chi connectivity index (χ4n) is 1.84. The van der Waals surface area contributed by atoms with Gasteiger partial charge in [-0.25, -0.2) is 0 Å². The Hall–Kier alpha value is -1.10. The molecule has 1 aliphatic rings. The molecule has 2 rings (SSSR count). The fourth-order valence-corrected chi connectivity index (χ4v) is 2.05. The summed E-state index contributed by atoms with van der Waals surface area (Å²) in [5, 5.41) is 0.659.